The van der Waals surface area contributed by atoms with Crippen molar-refractivity contribution in [3.63, 3.8) is 0 Å². The Morgan fingerprint density at radius 2 is 2.33 bits per heavy atom. The summed E-state index contributed by atoms with van der Waals surface area (Å²) in [4.78, 5) is 17.9. The van der Waals surface area contributed by atoms with E-state index >= 15 is 0 Å². The maximum atomic E-state index is 11.3. The SMILES string of the molecule is O=c1[nH]c(S)ncc1C1CCC1. The van der Waals surface area contributed by atoms with Crippen LogP contribution in [0.3, 0.4) is 0 Å². The van der Waals surface area contributed by atoms with Crippen LogP contribution in [0.1, 0.15) is 30.7 Å². The topological polar surface area (TPSA) is 45.8 Å². The van der Waals surface area contributed by atoms with Gasteiger partial charge in [0.1, 0.15) is 0 Å². The molecule has 1 aromatic rings. The Kier molecular flexibility index (Phi) is 1.92. The number of aromatic nitrogens is 2. The van der Waals surface area contributed by atoms with Crippen LogP contribution in [0.4, 0.5) is 0 Å². The number of hydrogen-bond acceptors (Lipinski definition) is 3. The molecule has 64 valence electrons. The largest absolute Gasteiger partial charge is 0.301 e. The molecule has 0 spiro atoms. The molecular weight excluding hydrogens is 172 g/mol. The Morgan fingerprint density at radius 3 is 2.83 bits per heavy atom. The fraction of sp³-hybridized carbons (Fsp3) is 0.500. The van der Waals surface area contributed by atoms with E-state index in [1.807, 2.05) is 0 Å². The van der Waals surface area contributed by atoms with Crippen LogP contribution in [-0.2, 0) is 0 Å². The van der Waals surface area contributed by atoms with E-state index in [9.17, 15) is 4.79 Å². The lowest BCUT2D eigenvalue weighted by molar-refractivity contribution is 0.414. The van der Waals surface area contributed by atoms with Crippen molar-refractivity contribution in [3.05, 3.63) is 22.1 Å². The van der Waals surface area contributed by atoms with E-state index in [1.165, 1.54) is 6.42 Å². The fourth-order valence-corrected chi connectivity index (χ4v) is 1.56. The lowest BCUT2D eigenvalue weighted by Gasteiger charge is -2.24. The van der Waals surface area contributed by atoms with Crippen LogP contribution in [0, 0.1) is 0 Å². The summed E-state index contributed by atoms with van der Waals surface area (Å²) in [7, 11) is 0. The van der Waals surface area contributed by atoms with E-state index in [1.54, 1.807) is 6.20 Å². The van der Waals surface area contributed by atoms with Crippen molar-refractivity contribution in [2.75, 3.05) is 0 Å². The van der Waals surface area contributed by atoms with E-state index < -0.39 is 0 Å². The first-order valence-corrected chi connectivity index (χ1v) is 4.50. The molecule has 4 heteroatoms. The van der Waals surface area contributed by atoms with Gasteiger partial charge in [0, 0.05) is 11.8 Å². The molecule has 1 aliphatic carbocycles. The van der Waals surface area contributed by atoms with Crippen LogP contribution in [0.15, 0.2) is 16.1 Å². The molecule has 0 aliphatic heterocycles. The van der Waals surface area contributed by atoms with Gasteiger partial charge < -0.3 is 4.98 Å². The lowest BCUT2D eigenvalue weighted by Crippen LogP contribution is -2.21. The summed E-state index contributed by atoms with van der Waals surface area (Å²) >= 11 is 3.95. The molecule has 12 heavy (non-hydrogen) atoms. The summed E-state index contributed by atoms with van der Waals surface area (Å²) < 4.78 is 0. The van der Waals surface area contributed by atoms with Gasteiger partial charge in [0.05, 0.1) is 0 Å². The normalized spacial score (nSPS) is 17.4. The molecule has 1 heterocycles. The number of H-pyrrole nitrogens is 1. The molecular formula is C8H10N2OS. The highest BCUT2D eigenvalue weighted by atomic mass is 32.1. The molecule has 1 N–H and O–H groups in total. The third kappa shape index (κ3) is 1.27. The first-order chi connectivity index (χ1) is 5.77. The summed E-state index contributed by atoms with van der Waals surface area (Å²) in [5, 5.41) is 0.392. The number of rotatable bonds is 1. The zero-order chi connectivity index (χ0) is 8.55. The average Bonchev–Trinajstić information content (AvgIpc) is 1.91. The van der Waals surface area contributed by atoms with Crippen LogP contribution < -0.4 is 5.56 Å². The Labute approximate surface area is 75.6 Å². The third-order valence-electron chi connectivity index (χ3n) is 2.36. The standard InChI is InChI=1S/C8H10N2OS/c11-7-6(5-2-1-3-5)4-9-8(12)10-7/h4-5H,1-3H2,(H2,9,10,11,12). The quantitative estimate of drug-likeness (QED) is 0.508. The number of nitrogens with one attached hydrogen (secondary N) is 1. The van der Waals surface area contributed by atoms with Gasteiger partial charge in [-0.1, -0.05) is 6.42 Å². The first-order valence-electron chi connectivity index (χ1n) is 4.05. The van der Waals surface area contributed by atoms with Gasteiger partial charge in [-0.05, 0) is 18.8 Å². The van der Waals surface area contributed by atoms with Crippen LogP contribution >= 0.6 is 12.6 Å². The fourth-order valence-electron chi connectivity index (χ4n) is 1.41. The van der Waals surface area contributed by atoms with Gasteiger partial charge in [-0.3, -0.25) is 4.79 Å². The Hall–Kier alpha value is -0.770. The van der Waals surface area contributed by atoms with Gasteiger partial charge in [0.15, 0.2) is 5.16 Å². The van der Waals surface area contributed by atoms with Gasteiger partial charge >= 0.3 is 0 Å². The minimum atomic E-state index is -0.0281. The summed E-state index contributed by atoms with van der Waals surface area (Å²) in [5.41, 5.74) is 0.791. The summed E-state index contributed by atoms with van der Waals surface area (Å²) in [6.07, 6.45) is 5.12. The molecule has 0 radical (unpaired) electrons. The van der Waals surface area contributed by atoms with Crippen LogP contribution in [0.2, 0.25) is 0 Å². The number of thiol groups is 1. The van der Waals surface area contributed by atoms with Gasteiger partial charge in [-0.2, -0.15) is 0 Å². The summed E-state index contributed by atoms with van der Waals surface area (Å²) in [5.74, 6) is 0.440. The van der Waals surface area contributed by atoms with E-state index in [2.05, 4.69) is 22.6 Å². The minimum absolute atomic E-state index is 0.0281. The molecule has 0 saturated heterocycles. The zero-order valence-electron chi connectivity index (χ0n) is 6.58. The average molecular weight is 182 g/mol. The highest BCUT2D eigenvalue weighted by Gasteiger charge is 2.22. The highest BCUT2D eigenvalue weighted by Crippen LogP contribution is 2.33. The lowest BCUT2D eigenvalue weighted by atomic mass is 9.81. The van der Waals surface area contributed by atoms with Gasteiger partial charge in [-0.25, -0.2) is 4.98 Å². The number of hydrogen-bond donors (Lipinski definition) is 2. The van der Waals surface area contributed by atoms with Crippen molar-refractivity contribution < 1.29 is 0 Å². The summed E-state index contributed by atoms with van der Waals surface area (Å²) in [6, 6.07) is 0. The van der Waals surface area contributed by atoms with Gasteiger partial charge in [-0.15, -0.1) is 12.6 Å². The van der Waals surface area contributed by atoms with Gasteiger partial charge in [0.25, 0.3) is 5.56 Å². The molecule has 1 aromatic heterocycles. The van der Waals surface area contributed by atoms with Gasteiger partial charge in [0.2, 0.25) is 0 Å². The van der Waals surface area contributed by atoms with Crippen LogP contribution in [-0.4, -0.2) is 9.97 Å². The van der Waals surface area contributed by atoms with Crippen molar-refractivity contribution >= 4 is 12.6 Å². The molecule has 2 rings (SSSR count). The maximum absolute atomic E-state index is 11.3. The Bertz CT molecular complexity index is 343. The molecule has 3 nitrogen and oxygen atoms in total. The molecule has 1 saturated carbocycles. The smallest absolute Gasteiger partial charge is 0.254 e. The minimum Gasteiger partial charge on any atom is -0.301 e. The molecule has 0 bridgehead atoms. The second-order valence-electron chi connectivity index (χ2n) is 3.12. The predicted molar refractivity (Wildman–Crippen MR) is 48.7 cm³/mol. The molecule has 0 atom stereocenters. The van der Waals surface area contributed by atoms with E-state index in [0.29, 0.717) is 11.1 Å². The third-order valence-corrected chi connectivity index (χ3v) is 2.59. The molecule has 1 fully saturated rings. The second kappa shape index (κ2) is 2.94. The van der Waals surface area contributed by atoms with E-state index in [-0.39, 0.29) is 5.56 Å². The van der Waals surface area contributed by atoms with Crippen molar-refractivity contribution in [1.29, 1.82) is 0 Å². The van der Waals surface area contributed by atoms with E-state index in [4.69, 9.17) is 0 Å². The molecule has 0 unspecified atom stereocenters. The zero-order valence-corrected chi connectivity index (χ0v) is 7.47. The molecule has 0 aromatic carbocycles. The Balaban J connectivity index is 2.37. The maximum Gasteiger partial charge on any atom is 0.254 e. The van der Waals surface area contributed by atoms with Crippen molar-refractivity contribution in [3.8, 4) is 0 Å². The van der Waals surface area contributed by atoms with Crippen molar-refractivity contribution in [2.24, 2.45) is 0 Å². The first kappa shape index (κ1) is 7.86. The second-order valence-corrected chi connectivity index (χ2v) is 3.54. The van der Waals surface area contributed by atoms with Crippen LogP contribution in [0.5, 0.6) is 0 Å². The monoisotopic (exact) mass is 182 g/mol. The van der Waals surface area contributed by atoms with Crippen LogP contribution in [0.25, 0.3) is 0 Å². The number of aromatic amines is 1. The van der Waals surface area contributed by atoms with Crippen molar-refractivity contribution in [1.82, 2.24) is 9.97 Å². The molecule has 1 aliphatic rings. The molecule has 0 amide bonds. The number of nitrogens with zero attached hydrogens (tertiary/aromatic N) is 1. The van der Waals surface area contributed by atoms with Crippen molar-refractivity contribution in [2.45, 2.75) is 30.3 Å². The highest BCUT2D eigenvalue weighted by molar-refractivity contribution is 7.80. The Morgan fingerprint density at radius 1 is 1.58 bits per heavy atom. The summed E-state index contributed by atoms with van der Waals surface area (Å²) in [6.45, 7) is 0. The predicted octanol–water partition coefficient (Wildman–Crippen LogP) is 1.33. The van der Waals surface area contributed by atoms with E-state index in [0.717, 1.165) is 18.4 Å².